The molecule has 2 aliphatic rings. The van der Waals surface area contributed by atoms with Crippen LogP contribution in [0.15, 0.2) is 42.7 Å². The molecule has 1 N–H and O–H groups in total. The van der Waals surface area contributed by atoms with E-state index in [9.17, 15) is 4.79 Å². The zero-order valence-electron chi connectivity index (χ0n) is 16.6. The minimum absolute atomic E-state index is 0.0435. The fourth-order valence-electron chi connectivity index (χ4n) is 4.40. The van der Waals surface area contributed by atoms with Gasteiger partial charge in [-0.2, -0.15) is 0 Å². The van der Waals surface area contributed by atoms with Crippen LogP contribution in [0.25, 0.3) is 0 Å². The van der Waals surface area contributed by atoms with Gasteiger partial charge in [0, 0.05) is 37.1 Å². The van der Waals surface area contributed by atoms with Crippen molar-refractivity contribution in [3.8, 4) is 0 Å². The largest absolute Gasteiger partial charge is 0.354 e. The fourth-order valence-corrected chi connectivity index (χ4v) is 4.66. The van der Waals surface area contributed by atoms with E-state index in [0.717, 1.165) is 43.1 Å². The first-order chi connectivity index (χ1) is 14.2. The van der Waals surface area contributed by atoms with Gasteiger partial charge in [-0.3, -0.25) is 9.69 Å². The number of nitrogens with one attached hydrogen (secondary N) is 1. The number of carbonyl (C=O) groups excluding carboxylic acids is 1. The number of aromatic nitrogens is 2. The van der Waals surface area contributed by atoms with Crippen molar-refractivity contribution < 1.29 is 4.79 Å². The van der Waals surface area contributed by atoms with E-state index in [0.29, 0.717) is 19.0 Å². The predicted octanol–water partition coefficient (Wildman–Crippen LogP) is 3.30. The van der Waals surface area contributed by atoms with E-state index in [1.54, 1.807) is 12.4 Å². The molecule has 0 spiro atoms. The van der Waals surface area contributed by atoms with Gasteiger partial charge >= 0.3 is 0 Å². The molecule has 0 radical (unpaired) electrons. The van der Waals surface area contributed by atoms with Crippen molar-refractivity contribution in [2.24, 2.45) is 5.92 Å². The molecule has 154 valence electrons. The summed E-state index contributed by atoms with van der Waals surface area (Å²) in [4.78, 5) is 26.2. The zero-order chi connectivity index (χ0) is 20.1. The molecular formula is C22H28ClN5O. The number of anilines is 1. The Bertz CT molecular complexity index is 812. The fraction of sp³-hybridized carbons (Fsp3) is 0.500. The summed E-state index contributed by atoms with van der Waals surface area (Å²) in [6.07, 6.45) is 7.76. The lowest BCUT2D eigenvalue weighted by atomic mass is 9.97. The van der Waals surface area contributed by atoms with Crippen LogP contribution in [0, 0.1) is 5.92 Å². The third-order valence-electron chi connectivity index (χ3n) is 5.94. The second kappa shape index (κ2) is 9.55. The molecule has 4 rings (SSSR count). The zero-order valence-corrected chi connectivity index (χ0v) is 17.4. The maximum Gasteiger partial charge on any atom is 0.225 e. The highest BCUT2D eigenvalue weighted by molar-refractivity contribution is 6.31. The van der Waals surface area contributed by atoms with Crippen LogP contribution in [0.4, 0.5) is 5.95 Å². The Kier molecular flexibility index (Phi) is 6.62. The predicted molar refractivity (Wildman–Crippen MR) is 115 cm³/mol. The highest BCUT2D eigenvalue weighted by Gasteiger charge is 2.29. The third kappa shape index (κ3) is 4.87. The van der Waals surface area contributed by atoms with Gasteiger partial charge in [0.25, 0.3) is 0 Å². The van der Waals surface area contributed by atoms with Crippen LogP contribution < -0.4 is 10.2 Å². The van der Waals surface area contributed by atoms with E-state index in [2.05, 4.69) is 31.2 Å². The number of amides is 1. The molecule has 2 atom stereocenters. The number of likely N-dealkylation sites (tertiary alicyclic amines) is 1. The Hall–Kier alpha value is -2.18. The Morgan fingerprint density at radius 3 is 2.62 bits per heavy atom. The lowest BCUT2D eigenvalue weighted by Crippen LogP contribution is -2.45. The number of hydrogen-bond acceptors (Lipinski definition) is 5. The molecule has 2 aromatic rings. The van der Waals surface area contributed by atoms with E-state index in [1.807, 2.05) is 24.3 Å². The van der Waals surface area contributed by atoms with Crippen LogP contribution in [0.3, 0.4) is 0 Å². The molecule has 29 heavy (non-hydrogen) atoms. The van der Waals surface area contributed by atoms with Crippen molar-refractivity contribution in [2.45, 2.75) is 31.7 Å². The molecule has 6 nitrogen and oxygen atoms in total. The topological polar surface area (TPSA) is 61.4 Å². The van der Waals surface area contributed by atoms with Gasteiger partial charge in [-0.15, -0.1) is 0 Å². The molecule has 2 aliphatic heterocycles. The smallest absolute Gasteiger partial charge is 0.225 e. The van der Waals surface area contributed by atoms with E-state index >= 15 is 0 Å². The number of piperidine rings is 1. The van der Waals surface area contributed by atoms with Gasteiger partial charge in [-0.05, 0) is 56.5 Å². The van der Waals surface area contributed by atoms with Crippen LogP contribution >= 0.6 is 11.6 Å². The molecule has 3 heterocycles. The summed E-state index contributed by atoms with van der Waals surface area (Å²) in [5.74, 6) is 0.774. The minimum Gasteiger partial charge on any atom is -0.354 e. The first-order valence-corrected chi connectivity index (χ1v) is 10.9. The van der Waals surface area contributed by atoms with Crippen molar-refractivity contribution in [1.29, 1.82) is 0 Å². The lowest BCUT2D eigenvalue weighted by molar-refractivity contribution is -0.125. The highest BCUT2D eigenvalue weighted by atomic mass is 35.5. The molecule has 2 saturated heterocycles. The van der Waals surface area contributed by atoms with Crippen molar-refractivity contribution in [3.63, 3.8) is 0 Å². The summed E-state index contributed by atoms with van der Waals surface area (Å²) in [7, 11) is 0. The number of rotatable bonds is 6. The number of hydrogen-bond donors (Lipinski definition) is 1. The van der Waals surface area contributed by atoms with E-state index < -0.39 is 0 Å². The van der Waals surface area contributed by atoms with Crippen LogP contribution in [0.1, 0.15) is 37.3 Å². The number of nitrogens with zero attached hydrogens (tertiary/aromatic N) is 4. The lowest BCUT2D eigenvalue weighted by Gasteiger charge is -2.33. The molecule has 0 unspecified atom stereocenters. The minimum atomic E-state index is -0.0435. The van der Waals surface area contributed by atoms with Gasteiger partial charge < -0.3 is 10.2 Å². The first kappa shape index (κ1) is 20.1. The van der Waals surface area contributed by atoms with Gasteiger partial charge in [-0.1, -0.05) is 29.8 Å². The van der Waals surface area contributed by atoms with E-state index in [4.69, 9.17) is 11.6 Å². The number of halogens is 1. The SMILES string of the molecule is O=C(NC[C@@H](c1ccccc1Cl)N1CCCC1)[C@H]1CCCN(c2ncccn2)C1. The summed E-state index contributed by atoms with van der Waals surface area (Å²) < 4.78 is 0. The summed E-state index contributed by atoms with van der Waals surface area (Å²) in [6.45, 7) is 4.24. The van der Waals surface area contributed by atoms with Crippen LogP contribution in [0.5, 0.6) is 0 Å². The van der Waals surface area contributed by atoms with E-state index in [-0.39, 0.29) is 17.9 Å². The Labute approximate surface area is 177 Å². The Morgan fingerprint density at radius 1 is 1.10 bits per heavy atom. The summed E-state index contributed by atoms with van der Waals surface area (Å²) in [5.41, 5.74) is 1.10. The van der Waals surface area contributed by atoms with Crippen molar-refractivity contribution in [1.82, 2.24) is 20.2 Å². The van der Waals surface area contributed by atoms with Crippen molar-refractivity contribution in [2.75, 3.05) is 37.6 Å². The van der Waals surface area contributed by atoms with Crippen LogP contribution in [0.2, 0.25) is 5.02 Å². The van der Waals surface area contributed by atoms with Gasteiger partial charge in [-0.25, -0.2) is 9.97 Å². The van der Waals surface area contributed by atoms with Gasteiger partial charge in [0.2, 0.25) is 11.9 Å². The van der Waals surface area contributed by atoms with Gasteiger partial charge in [0.15, 0.2) is 0 Å². The highest BCUT2D eigenvalue weighted by Crippen LogP contribution is 2.30. The number of benzene rings is 1. The molecule has 1 aromatic carbocycles. The summed E-state index contributed by atoms with van der Waals surface area (Å²) >= 11 is 6.49. The molecule has 2 fully saturated rings. The van der Waals surface area contributed by atoms with Gasteiger partial charge in [0.05, 0.1) is 12.0 Å². The average molecular weight is 414 g/mol. The summed E-state index contributed by atoms with van der Waals surface area (Å²) in [5, 5.41) is 3.99. The van der Waals surface area contributed by atoms with Crippen molar-refractivity contribution in [3.05, 3.63) is 53.3 Å². The Balaban J connectivity index is 1.40. The van der Waals surface area contributed by atoms with Crippen LogP contribution in [-0.2, 0) is 4.79 Å². The van der Waals surface area contributed by atoms with Gasteiger partial charge in [0.1, 0.15) is 0 Å². The maximum atomic E-state index is 13.0. The first-order valence-electron chi connectivity index (χ1n) is 10.5. The molecule has 1 aromatic heterocycles. The molecule has 7 heteroatoms. The molecule has 1 amide bonds. The normalized spacial score (nSPS) is 21.1. The number of carbonyl (C=O) groups is 1. The second-order valence-corrected chi connectivity index (χ2v) is 8.27. The van der Waals surface area contributed by atoms with Crippen LogP contribution in [-0.4, -0.2) is 53.5 Å². The maximum absolute atomic E-state index is 13.0. The second-order valence-electron chi connectivity index (χ2n) is 7.86. The molecule has 0 aliphatic carbocycles. The van der Waals surface area contributed by atoms with Crippen molar-refractivity contribution >= 4 is 23.5 Å². The molecule has 0 bridgehead atoms. The third-order valence-corrected chi connectivity index (χ3v) is 6.29. The van der Waals surface area contributed by atoms with E-state index in [1.165, 1.54) is 12.8 Å². The quantitative estimate of drug-likeness (QED) is 0.787. The average Bonchev–Trinajstić information content (AvgIpc) is 3.30. The summed E-state index contributed by atoms with van der Waals surface area (Å²) in [6, 6.07) is 9.91. The molecule has 0 saturated carbocycles. The monoisotopic (exact) mass is 413 g/mol. The Morgan fingerprint density at radius 2 is 1.86 bits per heavy atom. The molecular weight excluding hydrogens is 386 g/mol. The standard InChI is InChI=1S/C22H28ClN5O/c23-19-9-2-1-8-18(19)20(27-12-3-4-13-27)15-26-21(29)17-7-5-14-28(16-17)22-24-10-6-11-25-22/h1-2,6,8-11,17,20H,3-5,7,12-16H2,(H,26,29)/t17-,20-/m0/s1.